The third kappa shape index (κ3) is 4.01. The molecule has 2 aliphatic rings. The summed E-state index contributed by atoms with van der Waals surface area (Å²) in [6, 6.07) is 9.00. The number of pyridine rings is 1. The number of morpholine rings is 1. The van der Waals surface area contributed by atoms with Crippen LogP contribution in [-0.2, 0) is 14.8 Å². The quantitative estimate of drug-likeness (QED) is 0.679. The topological polar surface area (TPSA) is 110 Å². The van der Waals surface area contributed by atoms with Gasteiger partial charge >= 0.3 is 0 Å². The van der Waals surface area contributed by atoms with E-state index in [1.165, 1.54) is 4.31 Å². The van der Waals surface area contributed by atoms with Gasteiger partial charge in [-0.3, -0.25) is 10.9 Å². The highest BCUT2D eigenvalue weighted by molar-refractivity contribution is 7.89. The minimum absolute atomic E-state index is 0.0745. The van der Waals surface area contributed by atoms with E-state index >= 15 is 0 Å². The number of aromatic nitrogens is 1. The molecule has 0 aliphatic carbocycles. The first kappa shape index (κ1) is 20.2. The summed E-state index contributed by atoms with van der Waals surface area (Å²) in [5.74, 6) is 0.575. The number of sulfonamides is 1. The smallest absolute Gasteiger partial charge is 0.243 e. The first-order valence-corrected chi connectivity index (χ1v) is 11.2. The summed E-state index contributed by atoms with van der Waals surface area (Å²) < 4.78 is 34.0. The molecule has 3 atom stereocenters. The van der Waals surface area contributed by atoms with Crippen molar-refractivity contribution in [2.45, 2.75) is 36.8 Å². The molecule has 4 rings (SSSR count). The van der Waals surface area contributed by atoms with Crippen molar-refractivity contribution in [3.8, 4) is 0 Å². The number of nitrogens with two attached hydrogens (primary N) is 1. The highest BCUT2D eigenvalue weighted by atomic mass is 32.2. The standard InChI is InChI=1S/C20H27N5O3S/c1-13-3-4-16(9-14(13)2)29(26,27)25-7-8-28-18(12-25)20-17(11-23-24-20)15-5-6-22-19(21)10-15/h3-6,9-10,17-18,20,23-24H,7-8,11-12H2,1-2H3,(H2,21,22). The Labute approximate surface area is 171 Å². The molecule has 0 radical (unpaired) electrons. The minimum Gasteiger partial charge on any atom is -0.384 e. The van der Waals surface area contributed by atoms with Crippen molar-refractivity contribution < 1.29 is 13.2 Å². The van der Waals surface area contributed by atoms with Crippen molar-refractivity contribution in [3.63, 3.8) is 0 Å². The van der Waals surface area contributed by atoms with Crippen molar-refractivity contribution in [1.29, 1.82) is 0 Å². The number of hydrogen-bond donors (Lipinski definition) is 3. The second-order valence-corrected chi connectivity index (χ2v) is 9.63. The second kappa shape index (κ2) is 8.00. The van der Waals surface area contributed by atoms with Crippen LogP contribution in [0.4, 0.5) is 5.82 Å². The van der Waals surface area contributed by atoms with Crippen molar-refractivity contribution in [1.82, 2.24) is 20.1 Å². The van der Waals surface area contributed by atoms with E-state index in [1.807, 2.05) is 32.0 Å². The zero-order chi connectivity index (χ0) is 20.6. The highest BCUT2D eigenvalue weighted by Gasteiger charge is 2.40. The van der Waals surface area contributed by atoms with Gasteiger partial charge in [-0.25, -0.2) is 13.4 Å². The molecule has 156 valence electrons. The van der Waals surface area contributed by atoms with Gasteiger partial charge in [-0.05, 0) is 54.8 Å². The molecular weight excluding hydrogens is 390 g/mol. The fourth-order valence-corrected chi connectivity index (χ4v) is 5.52. The Morgan fingerprint density at radius 1 is 1.21 bits per heavy atom. The Balaban J connectivity index is 1.55. The lowest BCUT2D eigenvalue weighted by Crippen LogP contribution is -2.54. The number of nitrogen functional groups attached to an aromatic ring is 1. The molecule has 3 heterocycles. The Bertz CT molecular complexity index is 997. The van der Waals surface area contributed by atoms with Gasteiger partial charge in [0.15, 0.2) is 0 Å². The van der Waals surface area contributed by atoms with Crippen LogP contribution in [0.15, 0.2) is 41.4 Å². The molecule has 0 saturated carbocycles. The predicted octanol–water partition coefficient (Wildman–Crippen LogP) is 0.930. The molecule has 4 N–H and O–H groups in total. The van der Waals surface area contributed by atoms with Crippen LogP contribution in [0.2, 0.25) is 0 Å². The van der Waals surface area contributed by atoms with Gasteiger partial charge in [0.2, 0.25) is 10.0 Å². The number of ether oxygens (including phenoxy) is 1. The van der Waals surface area contributed by atoms with Crippen LogP contribution in [0.25, 0.3) is 0 Å². The summed E-state index contributed by atoms with van der Waals surface area (Å²) in [4.78, 5) is 4.39. The van der Waals surface area contributed by atoms with Crippen LogP contribution in [0, 0.1) is 13.8 Å². The average molecular weight is 418 g/mol. The molecule has 2 fully saturated rings. The van der Waals surface area contributed by atoms with E-state index in [-0.39, 0.29) is 18.1 Å². The molecule has 0 bridgehead atoms. The number of anilines is 1. The summed E-state index contributed by atoms with van der Waals surface area (Å²) in [5, 5.41) is 0. The van der Waals surface area contributed by atoms with Crippen LogP contribution < -0.4 is 16.6 Å². The first-order valence-electron chi connectivity index (χ1n) is 9.75. The molecule has 2 aliphatic heterocycles. The largest absolute Gasteiger partial charge is 0.384 e. The number of nitrogens with one attached hydrogen (secondary N) is 2. The average Bonchev–Trinajstić information content (AvgIpc) is 3.20. The van der Waals surface area contributed by atoms with Crippen LogP contribution in [0.3, 0.4) is 0 Å². The lowest BCUT2D eigenvalue weighted by Gasteiger charge is -2.36. The molecule has 1 aromatic carbocycles. The van der Waals surface area contributed by atoms with Crippen LogP contribution in [0.1, 0.15) is 22.6 Å². The zero-order valence-corrected chi connectivity index (χ0v) is 17.4. The SMILES string of the molecule is Cc1ccc(S(=O)(=O)N2CCOC(C3NNCC3c3ccnc(N)c3)C2)cc1C. The summed E-state index contributed by atoms with van der Waals surface area (Å²) in [7, 11) is -3.58. The zero-order valence-electron chi connectivity index (χ0n) is 16.6. The monoisotopic (exact) mass is 417 g/mol. The van der Waals surface area contributed by atoms with Crippen molar-refractivity contribution in [2.24, 2.45) is 0 Å². The van der Waals surface area contributed by atoms with Gasteiger partial charge in [-0.1, -0.05) is 6.07 Å². The van der Waals surface area contributed by atoms with E-state index < -0.39 is 10.0 Å². The van der Waals surface area contributed by atoms with Crippen LogP contribution >= 0.6 is 0 Å². The lowest BCUT2D eigenvalue weighted by atomic mass is 9.90. The number of hydrogen-bond acceptors (Lipinski definition) is 7. The number of aryl methyl sites for hydroxylation is 2. The maximum absolute atomic E-state index is 13.2. The molecule has 3 unspecified atom stereocenters. The number of nitrogens with zero attached hydrogens (tertiary/aromatic N) is 2. The van der Waals surface area contributed by atoms with Crippen LogP contribution in [-0.4, -0.2) is 56.1 Å². The molecule has 2 aromatic rings. The van der Waals surface area contributed by atoms with Gasteiger partial charge in [-0.2, -0.15) is 4.31 Å². The Morgan fingerprint density at radius 2 is 2.03 bits per heavy atom. The Kier molecular flexibility index (Phi) is 5.58. The molecule has 9 heteroatoms. The summed E-state index contributed by atoms with van der Waals surface area (Å²) in [6.07, 6.45) is 1.41. The van der Waals surface area contributed by atoms with E-state index in [4.69, 9.17) is 10.5 Å². The summed E-state index contributed by atoms with van der Waals surface area (Å²) in [5.41, 5.74) is 15.4. The number of hydrazine groups is 1. The van der Waals surface area contributed by atoms with Gasteiger partial charge in [0.05, 0.1) is 23.6 Å². The fourth-order valence-electron chi connectivity index (χ4n) is 4.00. The Hall–Kier alpha value is -2.04. The molecule has 0 amide bonds. The minimum atomic E-state index is -3.58. The Morgan fingerprint density at radius 3 is 2.79 bits per heavy atom. The highest BCUT2D eigenvalue weighted by Crippen LogP contribution is 2.29. The molecule has 2 saturated heterocycles. The molecule has 8 nitrogen and oxygen atoms in total. The van der Waals surface area contributed by atoms with Gasteiger partial charge in [0, 0.05) is 31.7 Å². The van der Waals surface area contributed by atoms with Gasteiger partial charge in [0.1, 0.15) is 5.82 Å². The number of benzene rings is 1. The van der Waals surface area contributed by atoms with Gasteiger partial charge < -0.3 is 10.5 Å². The number of rotatable bonds is 4. The fraction of sp³-hybridized carbons (Fsp3) is 0.450. The second-order valence-electron chi connectivity index (χ2n) is 7.69. The van der Waals surface area contributed by atoms with Crippen LogP contribution in [0.5, 0.6) is 0 Å². The molecular formula is C20H27N5O3S. The third-order valence-electron chi connectivity index (χ3n) is 5.83. The maximum atomic E-state index is 13.2. The van der Waals surface area contributed by atoms with E-state index in [0.29, 0.717) is 37.0 Å². The van der Waals surface area contributed by atoms with Gasteiger partial charge in [-0.15, -0.1) is 0 Å². The first-order chi connectivity index (χ1) is 13.9. The summed E-state index contributed by atoms with van der Waals surface area (Å²) in [6.45, 7) is 5.61. The van der Waals surface area contributed by atoms with E-state index in [2.05, 4.69) is 15.8 Å². The third-order valence-corrected chi connectivity index (χ3v) is 7.69. The lowest BCUT2D eigenvalue weighted by molar-refractivity contribution is -0.0225. The molecule has 1 aromatic heterocycles. The molecule has 0 spiro atoms. The van der Waals surface area contributed by atoms with Crippen molar-refractivity contribution in [2.75, 3.05) is 32.0 Å². The predicted molar refractivity (Wildman–Crippen MR) is 111 cm³/mol. The van der Waals surface area contributed by atoms with E-state index in [9.17, 15) is 8.42 Å². The van der Waals surface area contributed by atoms with E-state index in [1.54, 1.807) is 18.3 Å². The van der Waals surface area contributed by atoms with Crippen molar-refractivity contribution in [3.05, 3.63) is 53.2 Å². The molecule has 29 heavy (non-hydrogen) atoms. The van der Waals surface area contributed by atoms with Crippen molar-refractivity contribution >= 4 is 15.8 Å². The summed E-state index contributed by atoms with van der Waals surface area (Å²) >= 11 is 0. The normalized spacial score (nSPS) is 25.9. The maximum Gasteiger partial charge on any atom is 0.243 e. The van der Waals surface area contributed by atoms with Gasteiger partial charge in [0.25, 0.3) is 0 Å². The van der Waals surface area contributed by atoms with E-state index in [0.717, 1.165) is 16.7 Å².